The van der Waals surface area contributed by atoms with Crippen LogP contribution >= 0.6 is 0 Å². The minimum absolute atomic E-state index is 0.0185. The molecule has 0 aliphatic rings. The Bertz CT molecular complexity index is 1200. The molecule has 0 aliphatic carbocycles. The molecule has 0 aromatic heterocycles. The summed E-state index contributed by atoms with van der Waals surface area (Å²) < 4.78 is 10.1. The van der Waals surface area contributed by atoms with Crippen LogP contribution in [0.3, 0.4) is 0 Å². The summed E-state index contributed by atoms with van der Waals surface area (Å²) in [6, 6.07) is 2.21. The molecule has 0 fully saturated rings. The van der Waals surface area contributed by atoms with Crippen LogP contribution in [0.25, 0.3) is 41.8 Å². The molecule has 38 heavy (non-hydrogen) atoms. The molecule has 0 heterocycles. The van der Waals surface area contributed by atoms with Crippen molar-refractivity contribution in [1.82, 2.24) is 0 Å². The molecule has 22 heteroatoms. The number of nitrogen functional groups attached to an aromatic ring is 1. The van der Waals surface area contributed by atoms with Gasteiger partial charge in [0.05, 0.1) is 38.5 Å². The number of carbonyl (C=O) groups excluding carboxylic acids is 2. The van der Waals surface area contributed by atoms with E-state index in [9.17, 15) is 14.5 Å². The largest absolute Gasteiger partial charge is 0.464 e. The highest BCUT2D eigenvalue weighted by molar-refractivity contribution is 5.97. The highest BCUT2D eigenvalue weighted by Crippen LogP contribution is 2.32. The molecule has 0 radical (unpaired) electrons. The number of hydrazine groups is 1. The zero-order valence-corrected chi connectivity index (χ0v) is 19.4. The van der Waals surface area contributed by atoms with Gasteiger partial charge in [-0.3, -0.25) is 9.79 Å². The molecule has 1 rings (SSSR count). The molecule has 0 saturated carbocycles. The van der Waals surface area contributed by atoms with Crippen LogP contribution in [0.5, 0.6) is 0 Å². The number of hydrogen-bond acceptors (Lipinski definition) is 13. The van der Waals surface area contributed by atoms with Gasteiger partial charge in [-0.05, 0) is 39.4 Å². The van der Waals surface area contributed by atoms with E-state index in [2.05, 4.69) is 50.3 Å². The van der Waals surface area contributed by atoms with Crippen LogP contribution in [0.15, 0.2) is 42.8 Å². The number of ether oxygens (including phenoxy) is 2. The van der Waals surface area contributed by atoms with Gasteiger partial charge in [-0.1, -0.05) is 20.5 Å². The smallest absolute Gasteiger partial charge is 0.429 e. The van der Waals surface area contributed by atoms with E-state index in [1.807, 2.05) is 0 Å². The van der Waals surface area contributed by atoms with Crippen LogP contribution in [0.4, 0.5) is 21.9 Å². The lowest BCUT2D eigenvalue weighted by Crippen LogP contribution is -2.49. The molecule has 4 N–H and O–H groups in total. The standard InChI is InChI=1S/C16H19N17O5/c17-11-4-12(28-36)13(3-10(11)5-23-6-14(34)37-2-1-24-29-18)33(22)15(35)38-16(7-25-30-19,8-26-31-20)9-27-32-21/h3-5H,1-2,6-9,17,22H2. The van der Waals surface area contributed by atoms with Crippen molar-refractivity contribution in [2.75, 3.05) is 50.1 Å². The Kier molecular flexibility index (Phi) is 12.7. The number of aliphatic imine (C=N–C) groups is 1. The van der Waals surface area contributed by atoms with E-state index < -0.39 is 43.8 Å². The van der Waals surface area contributed by atoms with E-state index in [0.717, 1.165) is 18.3 Å². The van der Waals surface area contributed by atoms with E-state index in [4.69, 9.17) is 43.2 Å². The molecular formula is C16H19N17O5. The molecule has 0 spiro atoms. The lowest BCUT2D eigenvalue weighted by atomic mass is 10.1. The predicted octanol–water partition coefficient (Wildman–Crippen LogP) is 3.43. The van der Waals surface area contributed by atoms with Crippen LogP contribution in [-0.2, 0) is 14.3 Å². The fourth-order valence-corrected chi connectivity index (χ4v) is 2.56. The van der Waals surface area contributed by atoms with Crippen molar-refractivity contribution < 1.29 is 19.1 Å². The second-order valence-electron chi connectivity index (χ2n) is 6.79. The van der Waals surface area contributed by atoms with Crippen molar-refractivity contribution in [2.24, 2.45) is 36.5 Å². The summed E-state index contributed by atoms with van der Waals surface area (Å²) in [6.07, 6.45) is -0.211. The number of rotatable bonds is 15. The molecule has 198 valence electrons. The number of carbonyl (C=O) groups is 2. The van der Waals surface area contributed by atoms with E-state index in [0.29, 0.717) is 5.01 Å². The first-order valence-electron chi connectivity index (χ1n) is 10.0. The number of benzene rings is 1. The summed E-state index contributed by atoms with van der Waals surface area (Å²) in [6.45, 7) is -2.43. The highest BCUT2D eigenvalue weighted by Gasteiger charge is 2.35. The number of nitrogens with two attached hydrogens (primary N) is 2. The molecular weight excluding hydrogens is 510 g/mol. The summed E-state index contributed by atoms with van der Waals surface area (Å²) >= 11 is 0. The van der Waals surface area contributed by atoms with Gasteiger partial charge in [-0.2, -0.15) is 0 Å². The van der Waals surface area contributed by atoms with Gasteiger partial charge >= 0.3 is 12.1 Å². The van der Waals surface area contributed by atoms with Crippen molar-refractivity contribution in [2.45, 2.75) is 5.60 Å². The average Bonchev–Trinajstić information content (AvgIpc) is 2.92. The average molecular weight is 529 g/mol. The molecule has 1 aromatic rings. The summed E-state index contributed by atoms with van der Waals surface area (Å²) in [4.78, 5) is 49.8. The predicted molar refractivity (Wildman–Crippen MR) is 132 cm³/mol. The fraction of sp³-hybridized carbons (Fsp3) is 0.438. The summed E-state index contributed by atoms with van der Waals surface area (Å²) in [5.41, 5.74) is 37.5. The van der Waals surface area contributed by atoms with E-state index in [-0.39, 0.29) is 35.8 Å². The Morgan fingerprint density at radius 3 is 2.11 bits per heavy atom. The molecule has 1 amide bonds. The molecule has 0 atom stereocenters. The van der Waals surface area contributed by atoms with E-state index in [1.165, 1.54) is 0 Å². The maximum atomic E-state index is 12.8. The lowest BCUT2D eigenvalue weighted by molar-refractivity contribution is -0.141. The zero-order chi connectivity index (χ0) is 28.4. The molecule has 0 saturated heterocycles. The van der Waals surface area contributed by atoms with Gasteiger partial charge < -0.3 is 15.2 Å². The third-order valence-electron chi connectivity index (χ3n) is 4.27. The monoisotopic (exact) mass is 529 g/mol. The molecule has 22 nitrogen and oxygen atoms in total. The van der Waals surface area contributed by atoms with Gasteiger partial charge in [-0.25, -0.2) is 15.6 Å². The Hall–Kier alpha value is -5.77. The second kappa shape index (κ2) is 16.0. The molecule has 0 aliphatic heterocycles. The van der Waals surface area contributed by atoms with Gasteiger partial charge in [0, 0.05) is 37.1 Å². The Morgan fingerprint density at radius 1 is 1.00 bits per heavy atom. The Morgan fingerprint density at radius 2 is 1.58 bits per heavy atom. The first kappa shape index (κ1) is 30.3. The summed E-state index contributed by atoms with van der Waals surface area (Å²) in [5, 5.41) is 16.2. The zero-order valence-electron chi connectivity index (χ0n) is 19.4. The summed E-state index contributed by atoms with van der Waals surface area (Å²) in [5.74, 6) is 5.10. The highest BCUT2D eigenvalue weighted by atomic mass is 16.6. The number of nitroso groups, excluding NO2 is 1. The Labute approximate surface area is 211 Å². The topological polar surface area (TPSA) is 345 Å². The van der Waals surface area contributed by atoms with Gasteiger partial charge in [0.15, 0.2) is 0 Å². The first-order valence-corrected chi connectivity index (χ1v) is 10.0. The van der Waals surface area contributed by atoms with Crippen molar-refractivity contribution in [3.8, 4) is 0 Å². The number of amides is 1. The number of azide groups is 4. The third-order valence-corrected chi connectivity index (χ3v) is 4.27. The van der Waals surface area contributed by atoms with E-state index in [1.54, 1.807) is 0 Å². The van der Waals surface area contributed by atoms with Gasteiger partial charge in [-0.15, -0.1) is 4.91 Å². The Balaban J connectivity index is 3.23. The van der Waals surface area contributed by atoms with Crippen LogP contribution in [0.2, 0.25) is 0 Å². The molecule has 0 unspecified atom stereocenters. The lowest BCUT2D eigenvalue weighted by Gasteiger charge is -2.31. The normalized spacial score (nSPS) is 11.4. The van der Waals surface area contributed by atoms with Crippen molar-refractivity contribution >= 4 is 35.3 Å². The summed E-state index contributed by atoms with van der Waals surface area (Å²) in [7, 11) is 0. The maximum Gasteiger partial charge on any atom is 0.429 e. The van der Waals surface area contributed by atoms with Gasteiger partial charge in [0.25, 0.3) is 0 Å². The van der Waals surface area contributed by atoms with E-state index >= 15 is 0 Å². The minimum atomic E-state index is -1.91. The molecule has 1 aromatic carbocycles. The SMILES string of the molecule is [N-]=[N+]=NCCOC(=O)CN=Cc1cc(N(N)C(=O)OC(CN=[N+]=[N-])(CN=[N+]=[N-])CN=[N+]=[N-])c(N=O)cc1N. The third kappa shape index (κ3) is 9.47. The fourth-order valence-electron chi connectivity index (χ4n) is 2.56. The van der Waals surface area contributed by atoms with Crippen LogP contribution < -0.4 is 16.6 Å². The number of nitrogens with zero attached hydrogens (tertiary/aromatic N) is 15. The van der Waals surface area contributed by atoms with Crippen molar-refractivity contribution in [3.05, 3.63) is 64.4 Å². The maximum absolute atomic E-state index is 12.8. The van der Waals surface area contributed by atoms with Crippen LogP contribution in [0, 0.1) is 4.91 Å². The van der Waals surface area contributed by atoms with Crippen LogP contribution in [-0.4, -0.2) is 63.2 Å². The van der Waals surface area contributed by atoms with Crippen molar-refractivity contribution in [1.29, 1.82) is 0 Å². The molecule has 0 bridgehead atoms. The first-order chi connectivity index (χ1) is 18.3. The number of esters is 1. The van der Waals surface area contributed by atoms with Crippen molar-refractivity contribution in [3.63, 3.8) is 0 Å². The van der Waals surface area contributed by atoms with Crippen LogP contribution in [0.1, 0.15) is 5.56 Å². The number of anilines is 2. The quantitative estimate of drug-likeness (QED) is 0.0290. The van der Waals surface area contributed by atoms with Gasteiger partial charge in [0.1, 0.15) is 17.8 Å². The second-order valence-corrected chi connectivity index (χ2v) is 6.79. The number of hydrogen-bond donors (Lipinski definition) is 2. The van der Waals surface area contributed by atoms with Gasteiger partial charge in [0.2, 0.25) is 0 Å². The minimum Gasteiger partial charge on any atom is -0.464 e.